The van der Waals surface area contributed by atoms with Crippen LogP contribution in [0.15, 0.2) is 30.6 Å². The Labute approximate surface area is 143 Å². The smallest absolute Gasteiger partial charge is 0.226 e. The Morgan fingerprint density at radius 3 is 2.75 bits per heavy atom. The van der Waals surface area contributed by atoms with E-state index in [1.54, 1.807) is 0 Å². The first kappa shape index (κ1) is 15.4. The van der Waals surface area contributed by atoms with E-state index in [1.165, 1.54) is 22.3 Å². The van der Waals surface area contributed by atoms with E-state index >= 15 is 0 Å². The minimum atomic E-state index is 0.171. The second kappa shape index (κ2) is 5.76. The van der Waals surface area contributed by atoms with Crippen LogP contribution >= 0.6 is 0 Å². The zero-order valence-corrected chi connectivity index (χ0v) is 14.7. The molecule has 1 aromatic heterocycles. The maximum absolute atomic E-state index is 13.0. The summed E-state index contributed by atoms with van der Waals surface area (Å²) in [6, 6.07) is 6.85. The molecule has 4 nitrogen and oxygen atoms in total. The molecule has 0 N–H and O–H groups in total. The Morgan fingerprint density at radius 1 is 1.21 bits per heavy atom. The molecule has 0 radical (unpaired) electrons. The minimum Gasteiger partial charge on any atom is -0.335 e. The first-order valence-corrected chi connectivity index (χ1v) is 8.91. The Morgan fingerprint density at radius 2 is 2.04 bits per heavy atom. The van der Waals surface area contributed by atoms with Crippen molar-refractivity contribution in [2.45, 2.75) is 45.1 Å². The summed E-state index contributed by atoms with van der Waals surface area (Å²) in [6.07, 6.45) is 7.09. The summed E-state index contributed by atoms with van der Waals surface area (Å²) in [6.45, 7) is 5.17. The van der Waals surface area contributed by atoms with Crippen molar-refractivity contribution in [1.29, 1.82) is 0 Å². The van der Waals surface area contributed by atoms with Crippen LogP contribution in [0, 0.1) is 19.8 Å². The van der Waals surface area contributed by atoms with Gasteiger partial charge in [-0.1, -0.05) is 18.2 Å². The highest BCUT2D eigenvalue weighted by Crippen LogP contribution is 2.50. The number of nitrogens with zero attached hydrogens (tertiary/aromatic N) is 3. The minimum absolute atomic E-state index is 0.171. The third kappa shape index (κ3) is 2.64. The standard InChI is InChI=1S/C20H25N3O/c1-13-6-7-15(9-14(13)2)17-10-18(17)20(24)23-8-4-5-19(23)16-11-21-22(3)12-16/h6-7,9,11-12,17-19H,4-5,8,10H2,1-3H3/t17-,18-,19-/m0/s1. The summed E-state index contributed by atoms with van der Waals surface area (Å²) in [5.74, 6) is 0.918. The first-order chi connectivity index (χ1) is 11.5. The van der Waals surface area contributed by atoms with E-state index in [9.17, 15) is 4.79 Å². The fourth-order valence-corrected chi connectivity index (χ4v) is 4.03. The molecule has 1 aliphatic heterocycles. The number of aromatic nitrogens is 2. The van der Waals surface area contributed by atoms with E-state index in [4.69, 9.17) is 0 Å². The third-order valence-corrected chi connectivity index (χ3v) is 5.71. The maximum Gasteiger partial charge on any atom is 0.226 e. The molecule has 2 aliphatic rings. The number of benzene rings is 1. The zero-order chi connectivity index (χ0) is 16.8. The third-order valence-electron chi connectivity index (χ3n) is 5.71. The van der Waals surface area contributed by atoms with Gasteiger partial charge in [0.2, 0.25) is 5.91 Å². The van der Waals surface area contributed by atoms with Gasteiger partial charge in [-0.15, -0.1) is 0 Å². The highest BCUT2D eigenvalue weighted by atomic mass is 16.2. The second-order valence-electron chi connectivity index (χ2n) is 7.43. The second-order valence-corrected chi connectivity index (χ2v) is 7.43. The monoisotopic (exact) mass is 323 g/mol. The van der Waals surface area contributed by atoms with Crippen LogP contribution in [0.1, 0.15) is 53.5 Å². The number of carbonyl (C=O) groups is 1. The van der Waals surface area contributed by atoms with Crippen molar-refractivity contribution in [3.05, 3.63) is 52.8 Å². The van der Waals surface area contributed by atoms with E-state index in [-0.39, 0.29) is 12.0 Å². The van der Waals surface area contributed by atoms with E-state index in [0.717, 1.165) is 25.8 Å². The van der Waals surface area contributed by atoms with Gasteiger partial charge in [-0.25, -0.2) is 0 Å². The van der Waals surface area contributed by atoms with Crippen LogP contribution in [-0.2, 0) is 11.8 Å². The highest BCUT2D eigenvalue weighted by molar-refractivity contribution is 5.83. The summed E-state index contributed by atoms with van der Waals surface area (Å²) < 4.78 is 1.82. The molecule has 1 aliphatic carbocycles. The van der Waals surface area contributed by atoms with Crippen LogP contribution in [0.5, 0.6) is 0 Å². The van der Waals surface area contributed by atoms with Gasteiger partial charge in [-0.05, 0) is 55.7 Å². The summed E-state index contributed by atoms with van der Waals surface area (Å²) in [7, 11) is 1.93. The molecule has 126 valence electrons. The van der Waals surface area contributed by atoms with Gasteiger partial charge in [-0.3, -0.25) is 9.48 Å². The zero-order valence-electron chi connectivity index (χ0n) is 14.7. The number of carbonyl (C=O) groups excluding carboxylic acids is 1. The van der Waals surface area contributed by atoms with Crippen molar-refractivity contribution < 1.29 is 4.79 Å². The Bertz CT molecular complexity index is 779. The topological polar surface area (TPSA) is 38.1 Å². The van der Waals surface area contributed by atoms with Gasteiger partial charge >= 0.3 is 0 Å². The van der Waals surface area contributed by atoms with Crippen LogP contribution < -0.4 is 0 Å². The molecule has 2 heterocycles. The summed E-state index contributed by atoms with van der Waals surface area (Å²) in [5.41, 5.74) is 5.14. The first-order valence-electron chi connectivity index (χ1n) is 8.91. The van der Waals surface area contributed by atoms with Gasteiger partial charge in [0.05, 0.1) is 12.2 Å². The lowest BCUT2D eigenvalue weighted by Gasteiger charge is -2.24. The van der Waals surface area contributed by atoms with Gasteiger partial charge in [0.25, 0.3) is 0 Å². The van der Waals surface area contributed by atoms with Crippen LogP contribution in [0.4, 0.5) is 0 Å². The van der Waals surface area contributed by atoms with Crippen molar-refractivity contribution in [2.75, 3.05) is 6.54 Å². The van der Waals surface area contributed by atoms with Gasteiger partial charge in [0.1, 0.15) is 0 Å². The number of hydrogen-bond acceptors (Lipinski definition) is 2. The van der Waals surface area contributed by atoms with Crippen molar-refractivity contribution in [1.82, 2.24) is 14.7 Å². The Kier molecular flexibility index (Phi) is 3.70. The maximum atomic E-state index is 13.0. The lowest BCUT2D eigenvalue weighted by Crippen LogP contribution is -2.32. The molecule has 1 saturated carbocycles. The van der Waals surface area contributed by atoms with Gasteiger partial charge in [0, 0.05) is 31.3 Å². The molecular formula is C20H25N3O. The average Bonchev–Trinajstić information content (AvgIpc) is 2.99. The fourth-order valence-electron chi connectivity index (χ4n) is 4.03. The normalized spacial score (nSPS) is 26.0. The number of rotatable bonds is 3. The molecule has 2 fully saturated rings. The molecule has 4 rings (SSSR count). The van der Waals surface area contributed by atoms with Gasteiger partial charge in [-0.2, -0.15) is 5.10 Å². The molecule has 24 heavy (non-hydrogen) atoms. The van der Waals surface area contributed by atoms with E-state index in [1.807, 2.05) is 24.1 Å². The molecule has 1 aromatic carbocycles. The summed E-state index contributed by atoms with van der Waals surface area (Å²) >= 11 is 0. The van der Waals surface area contributed by atoms with Crippen molar-refractivity contribution in [2.24, 2.45) is 13.0 Å². The average molecular weight is 323 g/mol. The highest BCUT2D eigenvalue weighted by Gasteiger charge is 2.47. The Hall–Kier alpha value is -2.10. The van der Waals surface area contributed by atoms with Crippen molar-refractivity contribution in [3.63, 3.8) is 0 Å². The number of hydrogen-bond donors (Lipinski definition) is 0. The van der Waals surface area contributed by atoms with Crippen molar-refractivity contribution in [3.8, 4) is 0 Å². The van der Waals surface area contributed by atoms with Crippen LogP contribution in [0.2, 0.25) is 0 Å². The quantitative estimate of drug-likeness (QED) is 0.867. The molecule has 1 saturated heterocycles. The molecule has 0 bridgehead atoms. The lowest BCUT2D eigenvalue weighted by atomic mass is 10.0. The van der Waals surface area contributed by atoms with E-state index in [2.05, 4.69) is 42.0 Å². The summed E-state index contributed by atoms with van der Waals surface area (Å²) in [5, 5.41) is 4.27. The van der Waals surface area contributed by atoms with Gasteiger partial charge < -0.3 is 4.90 Å². The molecule has 3 atom stereocenters. The molecule has 0 spiro atoms. The molecule has 4 heteroatoms. The van der Waals surface area contributed by atoms with Crippen molar-refractivity contribution >= 4 is 5.91 Å². The number of amides is 1. The van der Waals surface area contributed by atoms with E-state index < -0.39 is 0 Å². The van der Waals surface area contributed by atoms with Crippen LogP contribution in [0.25, 0.3) is 0 Å². The van der Waals surface area contributed by atoms with E-state index in [0.29, 0.717) is 11.8 Å². The summed E-state index contributed by atoms with van der Waals surface area (Å²) in [4.78, 5) is 15.1. The Balaban J connectivity index is 1.49. The molecule has 0 unspecified atom stereocenters. The predicted molar refractivity (Wildman–Crippen MR) is 93.7 cm³/mol. The lowest BCUT2D eigenvalue weighted by molar-refractivity contribution is -0.133. The van der Waals surface area contributed by atoms with Crippen LogP contribution in [-0.4, -0.2) is 27.1 Å². The van der Waals surface area contributed by atoms with Crippen LogP contribution in [0.3, 0.4) is 0 Å². The molecule has 1 amide bonds. The SMILES string of the molecule is Cc1ccc([C@@H]2C[C@@H]2C(=O)N2CCC[C@H]2c2cnn(C)c2)cc1C. The van der Waals surface area contributed by atoms with Gasteiger partial charge in [0.15, 0.2) is 0 Å². The molecule has 2 aromatic rings. The molecular weight excluding hydrogens is 298 g/mol. The number of aryl methyl sites for hydroxylation is 3. The fraction of sp³-hybridized carbons (Fsp3) is 0.500. The largest absolute Gasteiger partial charge is 0.335 e. The predicted octanol–water partition coefficient (Wildman–Crippen LogP) is 3.50. The number of likely N-dealkylation sites (tertiary alicyclic amines) is 1.